The second-order valence-corrected chi connectivity index (χ2v) is 8.71. The van der Waals surface area contributed by atoms with Gasteiger partial charge in [0.25, 0.3) is 5.91 Å². The van der Waals surface area contributed by atoms with Crippen molar-refractivity contribution in [2.24, 2.45) is 0 Å². The quantitative estimate of drug-likeness (QED) is 0.850. The predicted octanol–water partition coefficient (Wildman–Crippen LogP) is 1.86. The van der Waals surface area contributed by atoms with Crippen molar-refractivity contribution >= 4 is 15.9 Å². The SMILES string of the molecule is CNC(=O)c1cccc(CN2CCN(S(=O)(=O)c3ccc(C)cc3)CC2)c1. The van der Waals surface area contributed by atoms with E-state index in [-0.39, 0.29) is 5.91 Å². The Hall–Kier alpha value is -2.22. The number of carbonyl (C=O) groups excluding carboxylic acids is 1. The Morgan fingerprint density at radius 3 is 2.33 bits per heavy atom. The van der Waals surface area contributed by atoms with Gasteiger partial charge in [-0.15, -0.1) is 0 Å². The van der Waals surface area contributed by atoms with Crippen molar-refractivity contribution in [1.29, 1.82) is 0 Å². The number of benzene rings is 2. The van der Waals surface area contributed by atoms with E-state index < -0.39 is 10.0 Å². The molecule has 27 heavy (non-hydrogen) atoms. The van der Waals surface area contributed by atoms with Crippen LogP contribution in [0.3, 0.4) is 0 Å². The summed E-state index contributed by atoms with van der Waals surface area (Å²) in [7, 11) is -1.83. The van der Waals surface area contributed by atoms with E-state index in [1.165, 1.54) is 0 Å². The Labute approximate surface area is 160 Å². The molecule has 7 heteroatoms. The lowest BCUT2D eigenvalue weighted by Gasteiger charge is -2.34. The van der Waals surface area contributed by atoms with Crippen molar-refractivity contribution in [2.45, 2.75) is 18.4 Å². The smallest absolute Gasteiger partial charge is 0.251 e. The summed E-state index contributed by atoms with van der Waals surface area (Å²) in [5, 5.41) is 2.63. The monoisotopic (exact) mass is 387 g/mol. The van der Waals surface area contributed by atoms with Gasteiger partial charge in [-0.2, -0.15) is 4.31 Å². The van der Waals surface area contributed by atoms with Crippen molar-refractivity contribution in [2.75, 3.05) is 33.2 Å². The maximum absolute atomic E-state index is 12.8. The molecule has 6 nitrogen and oxygen atoms in total. The zero-order valence-electron chi connectivity index (χ0n) is 15.7. The number of sulfonamides is 1. The molecule has 2 aromatic carbocycles. The summed E-state index contributed by atoms with van der Waals surface area (Å²) in [6.45, 7) is 4.89. The molecule has 1 aliphatic heterocycles. The van der Waals surface area contributed by atoms with Crippen molar-refractivity contribution in [1.82, 2.24) is 14.5 Å². The normalized spacial score (nSPS) is 16.2. The van der Waals surface area contributed by atoms with Crippen LogP contribution < -0.4 is 5.32 Å². The van der Waals surface area contributed by atoms with Crippen LogP contribution in [0, 0.1) is 6.92 Å². The fourth-order valence-electron chi connectivity index (χ4n) is 3.20. The highest BCUT2D eigenvalue weighted by Gasteiger charge is 2.28. The van der Waals surface area contributed by atoms with Crippen LogP contribution in [-0.4, -0.2) is 56.8 Å². The van der Waals surface area contributed by atoms with Crippen LogP contribution in [0.25, 0.3) is 0 Å². The molecule has 0 aliphatic carbocycles. The lowest BCUT2D eigenvalue weighted by Crippen LogP contribution is -2.48. The summed E-state index contributed by atoms with van der Waals surface area (Å²) in [6, 6.07) is 14.5. The number of hydrogen-bond acceptors (Lipinski definition) is 4. The van der Waals surface area contributed by atoms with Crippen molar-refractivity contribution in [3.05, 3.63) is 65.2 Å². The second kappa shape index (κ2) is 8.21. The molecule has 0 radical (unpaired) electrons. The van der Waals surface area contributed by atoms with Crippen LogP contribution in [0.1, 0.15) is 21.5 Å². The summed E-state index contributed by atoms with van der Waals surface area (Å²) in [6.07, 6.45) is 0. The van der Waals surface area contributed by atoms with Crippen LogP contribution in [0.4, 0.5) is 0 Å². The van der Waals surface area contributed by atoms with Crippen LogP contribution in [0.2, 0.25) is 0 Å². The Balaban J connectivity index is 1.62. The van der Waals surface area contributed by atoms with Gasteiger partial charge >= 0.3 is 0 Å². The molecule has 1 saturated heterocycles. The first-order valence-corrected chi connectivity index (χ1v) is 10.4. The molecule has 1 amide bonds. The van der Waals surface area contributed by atoms with Crippen molar-refractivity contribution in [3.8, 4) is 0 Å². The molecule has 0 atom stereocenters. The Morgan fingerprint density at radius 1 is 1.04 bits per heavy atom. The van der Waals surface area contributed by atoms with Crippen LogP contribution in [0.15, 0.2) is 53.4 Å². The highest BCUT2D eigenvalue weighted by atomic mass is 32.2. The molecule has 0 bridgehead atoms. The van der Waals surface area contributed by atoms with Gasteiger partial charge in [0.05, 0.1) is 4.90 Å². The minimum Gasteiger partial charge on any atom is -0.355 e. The summed E-state index contributed by atoms with van der Waals surface area (Å²) in [5.41, 5.74) is 2.72. The van der Waals surface area contributed by atoms with Gasteiger partial charge in [-0.25, -0.2) is 8.42 Å². The van der Waals surface area contributed by atoms with E-state index >= 15 is 0 Å². The molecule has 144 valence electrons. The molecule has 1 fully saturated rings. The molecule has 2 aromatic rings. The standard InChI is InChI=1S/C20H25N3O3S/c1-16-6-8-19(9-7-16)27(25,26)23-12-10-22(11-13-23)15-17-4-3-5-18(14-17)20(24)21-2/h3-9,14H,10-13,15H2,1-2H3,(H,21,24). The van der Waals surface area contributed by atoms with E-state index in [1.807, 2.05) is 37.3 Å². The fraction of sp³-hybridized carbons (Fsp3) is 0.350. The van der Waals surface area contributed by atoms with Gasteiger partial charge in [0, 0.05) is 45.3 Å². The first-order chi connectivity index (χ1) is 12.9. The van der Waals surface area contributed by atoms with E-state index in [0.717, 1.165) is 11.1 Å². The second-order valence-electron chi connectivity index (χ2n) is 6.77. The number of rotatable bonds is 5. The summed E-state index contributed by atoms with van der Waals surface area (Å²) < 4.78 is 27.1. The molecular weight excluding hydrogens is 362 g/mol. The highest BCUT2D eigenvalue weighted by molar-refractivity contribution is 7.89. The molecule has 1 N–H and O–H groups in total. The Kier molecular flexibility index (Phi) is 5.94. The van der Waals surface area contributed by atoms with E-state index in [1.54, 1.807) is 29.6 Å². The van der Waals surface area contributed by atoms with Crippen molar-refractivity contribution in [3.63, 3.8) is 0 Å². The van der Waals surface area contributed by atoms with Gasteiger partial charge in [-0.3, -0.25) is 9.69 Å². The number of nitrogens with zero attached hydrogens (tertiary/aromatic N) is 2. The third-order valence-corrected chi connectivity index (χ3v) is 6.73. The first-order valence-electron chi connectivity index (χ1n) is 9.00. The average Bonchev–Trinajstić information content (AvgIpc) is 2.68. The topological polar surface area (TPSA) is 69.7 Å². The zero-order valence-corrected chi connectivity index (χ0v) is 16.5. The first kappa shape index (κ1) is 19.5. The number of piperazine rings is 1. The summed E-state index contributed by atoms with van der Waals surface area (Å²) in [4.78, 5) is 14.3. The molecule has 0 spiro atoms. The maximum atomic E-state index is 12.8. The maximum Gasteiger partial charge on any atom is 0.251 e. The molecular formula is C20H25N3O3S. The Morgan fingerprint density at radius 2 is 1.70 bits per heavy atom. The van der Waals surface area contributed by atoms with Gasteiger partial charge in [-0.05, 0) is 36.8 Å². The lowest BCUT2D eigenvalue weighted by molar-refractivity contribution is 0.0962. The highest BCUT2D eigenvalue weighted by Crippen LogP contribution is 2.19. The number of nitrogens with one attached hydrogen (secondary N) is 1. The minimum atomic E-state index is -3.44. The number of amides is 1. The van der Waals surface area contributed by atoms with E-state index in [9.17, 15) is 13.2 Å². The fourth-order valence-corrected chi connectivity index (χ4v) is 4.62. The predicted molar refractivity (Wildman–Crippen MR) is 105 cm³/mol. The zero-order chi connectivity index (χ0) is 19.4. The molecule has 0 unspecified atom stereocenters. The summed E-state index contributed by atoms with van der Waals surface area (Å²) in [5.74, 6) is -0.106. The number of hydrogen-bond donors (Lipinski definition) is 1. The van der Waals surface area contributed by atoms with E-state index in [4.69, 9.17) is 0 Å². The van der Waals surface area contributed by atoms with Gasteiger partial charge in [-0.1, -0.05) is 29.8 Å². The third kappa shape index (κ3) is 4.55. The van der Waals surface area contributed by atoms with Crippen LogP contribution in [0.5, 0.6) is 0 Å². The molecule has 0 aromatic heterocycles. The average molecular weight is 388 g/mol. The Bertz CT molecular complexity index is 902. The van der Waals surface area contributed by atoms with Gasteiger partial charge in [0.2, 0.25) is 10.0 Å². The van der Waals surface area contributed by atoms with E-state index in [2.05, 4.69) is 10.2 Å². The van der Waals surface area contributed by atoms with Gasteiger partial charge in [0.15, 0.2) is 0 Å². The minimum absolute atomic E-state index is 0.106. The van der Waals surface area contributed by atoms with E-state index in [0.29, 0.717) is 43.2 Å². The summed E-state index contributed by atoms with van der Waals surface area (Å²) >= 11 is 0. The molecule has 3 rings (SSSR count). The van der Waals surface area contributed by atoms with Crippen LogP contribution >= 0.6 is 0 Å². The third-order valence-electron chi connectivity index (χ3n) is 4.81. The van der Waals surface area contributed by atoms with Crippen molar-refractivity contribution < 1.29 is 13.2 Å². The lowest BCUT2D eigenvalue weighted by atomic mass is 10.1. The number of carbonyl (C=O) groups is 1. The molecule has 1 aliphatic rings. The largest absolute Gasteiger partial charge is 0.355 e. The molecule has 0 saturated carbocycles. The van der Waals surface area contributed by atoms with Gasteiger partial charge < -0.3 is 5.32 Å². The van der Waals surface area contributed by atoms with Crippen LogP contribution in [-0.2, 0) is 16.6 Å². The molecule has 1 heterocycles. The van der Waals surface area contributed by atoms with Gasteiger partial charge in [0.1, 0.15) is 0 Å². The number of aryl methyl sites for hydroxylation is 1.